The van der Waals surface area contributed by atoms with Gasteiger partial charge in [0.15, 0.2) is 0 Å². The third-order valence-corrected chi connectivity index (χ3v) is 5.65. The van der Waals surface area contributed by atoms with Gasteiger partial charge in [-0.15, -0.1) is 0 Å². The topological polar surface area (TPSA) is 61.2 Å². The maximum absolute atomic E-state index is 12.3. The van der Waals surface area contributed by atoms with Crippen LogP contribution in [0.2, 0.25) is 0 Å². The van der Waals surface area contributed by atoms with E-state index in [4.69, 9.17) is 5.26 Å². The third-order valence-electron chi connectivity index (χ3n) is 2.83. The fourth-order valence-corrected chi connectivity index (χ4v) is 3.32. The summed E-state index contributed by atoms with van der Waals surface area (Å²) in [5.41, 5.74) is 0.974. The molecule has 0 saturated heterocycles. The van der Waals surface area contributed by atoms with Gasteiger partial charge in [0.2, 0.25) is 10.0 Å². The number of hydrogen-bond donors (Lipinski definition) is 0. The predicted octanol–water partition coefficient (Wildman–Crippen LogP) is 2.68. The molecular formula is C12H15BrN2O2S. The zero-order valence-electron chi connectivity index (χ0n) is 10.5. The van der Waals surface area contributed by atoms with E-state index in [1.807, 2.05) is 13.0 Å². The second kappa shape index (κ2) is 5.83. The number of nitriles is 1. The number of aryl methyl sites for hydroxylation is 1. The summed E-state index contributed by atoms with van der Waals surface area (Å²) in [7, 11) is -2.06. The van der Waals surface area contributed by atoms with Gasteiger partial charge in [0.05, 0.1) is 17.4 Å². The first-order valence-electron chi connectivity index (χ1n) is 5.42. The summed E-state index contributed by atoms with van der Waals surface area (Å²) in [4.78, 5) is 0.229. The van der Waals surface area contributed by atoms with Crippen molar-refractivity contribution in [3.63, 3.8) is 0 Å². The molecule has 0 aromatic heterocycles. The van der Waals surface area contributed by atoms with E-state index in [1.165, 1.54) is 11.4 Å². The lowest BCUT2D eigenvalue weighted by molar-refractivity contribution is 0.393. The van der Waals surface area contributed by atoms with Gasteiger partial charge in [0.1, 0.15) is 0 Å². The van der Waals surface area contributed by atoms with E-state index in [0.717, 1.165) is 10.0 Å². The summed E-state index contributed by atoms with van der Waals surface area (Å²) in [6.45, 7) is 3.60. The maximum Gasteiger partial charge on any atom is 0.243 e. The average molecular weight is 331 g/mol. The highest BCUT2D eigenvalue weighted by atomic mass is 79.9. The summed E-state index contributed by atoms with van der Waals surface area (Å²) in [5, 5.41) is 8.62. The van der Waals surface area contributed by atoms with Crippen LogP contribution in [-0.2, 0) is 10.0 Å². The number of hydrogen-bond acceptors (Lipinski definition) is 3. The molecule has 0 N–H and O–H groups in total. The van der Waals surface area contributed by atoms with Crippen LogP contribution in [-0.4, -0.2) is 25.8 Å². The summed E-state index contributed by atoms with van der Waals surface area (Å²) >= 11 is 3.32. The summed E-state index contributed by atoms with van der Waals surface area (Å²) < 4.78 is 26.6. The molecule has 0 aliphatic heterocycles. The highest BCUT2D eigenvalue weighted by molar-refractivity contribution is 9.10. The smallest absolute Gasteiger partial charge is 0.207 e. The van der Waals surface area contributed by atoms with Crippen molar-refractivity contribution in [2.45, 2.75) is 31.2 Å². The van der Waals surface area contributed by atoms with Crippen LogP contribution in [0.4, 0.5) is 0 Å². The Bertz CT molecular complexity index is 578. The Kier molecular flexibility index (Phi) is 4.91. The summed E-state index contributed by atoms with van der Waals surface area (Å²) in [6, 6.07) is 6.54. The fourth-order valence-electron chi connectivity index (χ4n) is 1.40. The van der Waals surface area contributed by atoms with Crippen molar-refractivity contribution in [1.82, 2.24) is 4.31 Å². The van der Waals surface area contributed by atoms with E-state index in [9.17, 15) is 8.42 Å². The molecule has 0 bridgehead atoms. The van der Waals surface area contributed by atoms with E-state index >= 15 is 0 Å². The number of benzene rings is 1. The van der Waals surface area contributed by atoms with Gasteiger partial charge in [0.25, 0.3) is 0 Å². The minimum absolute atomic E-state index is 0.169. The normalized spacial score (nSPS) is 13.3. The molecule has 0 fully saturated rings. The Labute approximate surface area is 116 Å². The molecule has 1 rings (SSSR count). The standard InChI is InChI=1S/C12H15BrN2O2S/c1-9-4-5-11(8-12(9)13)18(16,17)15(3)10(2)6-7-14/h4-5,8,10H,6H2,1-3H3. The molecule has 0 aliphatic carbocycles. The van der Waals surface area contributed by atoms with Gasteiger partial charge in [-0.1, -0.05) is 22.0 Å². The number of rotatable bonds is 4. The minimum Gasteiger partial charge on any atom is -0.207 e. The molecule has 0 amide bonds. The molecule has 18 heavy (non-hydrogen) atoms. The molecule has 6 heteroatoms. The fraction of sp³-hybridized carbons (Fsp3) is 0.417. The summed E-state index contributed by atoms with van der Waals surface area (Å²) in [5.74, 6) is 0. The lowest BCUT2D eigenvalue weighted by Gasteiger charge is -2.22. The van der Waals surface area contributed by atoms with Crippen molar-refractivity contribution in [1.29, 1.82) is 5.26 Å². The lowest BCUT2D eigenvalue weighted by Crippen LogP contribution is -2.34. The van der Waals surface area contributed by atoms with Gasteiger partial charge in [-0.25, -0.2) is 8.42 Å². The van der Waals surface area contributed by atoms with Gasteiger partial charge in [-0.2, -0.15) is 9.57 Å². The second-order valence-corrected chi connectivity index (χ2v) is 7.00. The highest BCUT2D eigenvalue weighted by Crippen LogP contribution is 2.23. The SMILES string of the molecule is Cc1ccc(S(=O)(=O)N(C)C(C)CC#N)cc1Br. The molecule has 0 aliphatic rings. The molecule has 1 aromatic carbocycles. The van der Waals surface area contributed by atoms with Crippen molar-refractivity contribution < 1.29 is 8.42 Å². The molecule has 4 nitrogen and oxygen atoms in total. The van der Waals surface area contributed by atoms with Crippen molar-refractivity contribution in [2.24, 2.45) is 0 Å². The van der Waals surface area contributed by atoms with Crippen LogP contribution in [0, 0.1) is 18.3 Å². The van der Waals surface area contributed by atoms with Gasteiger partial charge in [-0.3, -0.25) is 0 Å². The maximum atomic E-state index is 12.3. The van der Waals surface area contributed by atoms with Gasteiger partial charge in [-0.05, 0) is 31.5 Å². The van der Waals surface area contributed by atoms with E-state index in [-0.39, 0.29) is 17.4 Å². The Morgan fingerprint density at radius 1 is 1.50 bits per heavy atom. The van der Waals surface area contributed by atoms with Crippen LogP contribution in [0.15, 0.2) is 27.6 Å². The molecule has 1 atom stereocenters. The number of sulfonamides is 1. The number of nitrogens with zero attached hydrogens (tertiary/aromatic N) is 2. The van der Waals surface area contributed by atoms with Crippen molar-refractivity contribution >= 4 is 26.0 Å². The van der Waals surface area contributed by atoms with E-state index < -0.39 is 10.0 Å². The molecule has 0 saturated carbocycles. The quantitative estimate of drug-likeness (QED) is 0.852. The van der Waals surface area contributed by atoms with E-state index in [2.05, 4.69) is 15.9 Å². The molecule has 1 aromatic rings. The average Bonchev–Trinajstić information content (AvgIpc) is 2.31. The third kappa shape index (κ3) is 3.10. The molecular weight excluding hydrogens is 316 g/mol. The lowest BCUT2D eigenvalue weighted by atomic mass is 10.2. The van der Waals surface area contributed by atoms with Crippen molar-refractivity contribution in [3.05, 3.63) is 28.2 Å². The first kappa shape index (κ1) is 15.2. The van der Waals surface area contributed by atoms with Gasteiger partial charge >= 0.3 is 0 Å². The predicted molar refractivity (Wildman–Crippen MR) is 73.5 cm³/mol. The van der Waals surface area contributed by atoms with Crippen LogP contribution in [0.1, 0.15) is 18.9 Å². The Balaban J connectivity index is 3.14. The Hall–Kier alpha value is -0.900. The van der Waals surface area contributed by atoms with E-state index in [0.29, 0.717) is 0 Å². The monoisotopic (exact) mass is 330 g/mol. The van der Waals surface area contributed by atoms with Crippen LogP contribution in [0.5, 0.6) is 0 Å². The second-order valence-electron chi connectivity index (χ2n) is 4.14. The van der Waals surface area contributed by atoms with E-state index in [1.54, 1.807) is 25.1 Å². The Morgan fingerprint density at radius 2 is 2.11 bits per heavy atom. The number of halogens is 1. The van der Waals surface area contributed by atoms with Crippen LogP contribution < -0.4 is 0 Å². The first-order valence-corrected chi connectivity index (χ1v) is 7.65. The highest BCUT2D eigenvalue weighted by Gasteiger charge is 2.25. The van der Waals surface area contributed by atoms with Crippen LogP contribution in [0.3, 0.4) is 0 Å². The van der Waals surface area contributed by atoms with Crippen LogP contribution >= 0.6 is 15.9 Å². The molecule has 0 heterocycles. The largest absolute Gasteiger partial charge is 0.243 e. The summed E-state index contributed by atoms with van der Waals surface area (Å²) in [6.07, 6.45) is 0.169. The minimum atomic E-state index is -3.55. The molecule has 1 unspecified atom stereocenters. The molecule has 0 radical (unpaired) electrons. The van der Waals surface area contributed by atoms with Gasteiger partial charge < -0.3 is 0 Å². The molecule has 98 valence electrons. The zero-order chi connectivity index (χ0) is 13.9. The Morgan fingerprint density at radius 3 is 2.61 bits per heavy atom. The van der Waals surface area contributed by atoms with Crippen LogP contribution in [0.25, 0.3) is 0 Å². The first-order chi connectivity index (χ1) is 8.30. The zero-order valence-corrected chi connectivity index (χ0v) is 12.9. The van der Waals surface area contributed by atoms with Crippen molar-refractivity contribution in [3.8, 4) is 6.07 Å². The van der Waals surface area contributed by atoms with Gasteiger partial charge in [0, 0.05) is 17.6 Å². The van der Waals surface area contributed by atoms with Crippen molar-refractivity contribution in [2.75, 3.05) is 7.05 Å². The molecule has 0 spiro atoms.